The molecule has 22 heavy (non-hydrogen) atoms. The maximum Gasteiger partial charge on any atom is 0.277 e. The molecule has 0 unspecified atom stereocenters. The number of nitrogens with zero attached hydrogens (tertiary/aromatic N) is 2. The number of nitrogens with one attached hydrogen (secondary N) is 1. The second-order valence-electron chi connectivity index (χ2n) is 5.59. The van der Waals surface area contributed by atoms with Crippen molar-refractivity contribution >= 4 is 17.3 Å². The van der Waals surface area contributed by atoms with Crippen LogP contribution < -0.4 is 5.32 Å². The van der Waals surface area contributed by atoms with E-state index in [0.29, 0.717) is 13.0 Å². The summed E-state index contributed by atoms with van der Waals surface area (Å²) >= 11 is 0. The van der Waals surface area contributed by atoms with E-state index in [1.807, 2.05) is 13.8 Å². The standard InChI is InChI=1S/C14H17N3O5/c1-4-5-14(2,3)9-15-13(18)10-6-11(16(19)20)8-12(7-10)17(21)22/h4,6-8H,1,5,9H2,2-3H3,(H,15,18). The summed E-state index contributed by atoms with van der Waals surface area (Å²) in [5, 5.41) is 24.2. The summed E-state index contributed by atoms with van der Waals surface area (Å²) in [5.74, 6) is -0.594. The molecular formula is C14H17N3O5. The molecule has 1 amide bonds. The third-order valence-electron chi connectivity index (χ3n) is 3.01. The van der Waals surface area contributed by atoms with E-state index in [-0.39, 0.29) is 11.0 Å². The third-order valence-corrected chi connectivity index (χ3v) is 3.01. The van der Waals surface area contributed by atoms with Crippen molar-refractivity contribution < 1.29 is 14.6 Å². The van der Waals surface area contributed by atoms with E-state index < -0.39 is 27.1 Å². The van der Waals surface area contributed by atoms with Gasteiger partial charge < -0.3 is 5.32 Å². The van der Waals surface area contributed by atoms with Gasteiger partial charge in [-0.3, -0.25) is 25.0 Å². The van der Waals surface area contributed by atoms with Crippen molar-refractivity contribution in [2.75, 3.05) is 6.54 Å². The van der Waals surface area contributed by atoms with Gasteiger partial charge in [0, 0.05) is 18.7 Å². The topological polar surface area (TPSA) is 115 Å². The van der Waals surface area contributed by atoms with Crippen LogP contribution in [-0.4, -0.2) is 22.3 Å². The van der Waals surface area contributed by atoms with Crippen LogP contribution in [0.3, 0.4) is 0 Å². The summed E-state index contributed by atoms with van der Waals surface area (Å²) in [5.41, 5.74) is -1.34. The van der Waals surface area contributed by atoms with E-state index in [0.717, 1.165) is 18.2 Å². The van der Waals surface area contributed by atoms with Crippen molar-refractivity contribution in [1.29, 1.82) is 0 Å². The molecule has 0 saturated carbocycles. The minimum absolute atomic E-state index is 0.115. The van der Waals surface area contributed by atoms with Gasteiger partial charge >= 0.3 is 0 Å². The van der Waals surface area contributed by atoms with E-state index in [9.17, 15) is 25.0 Å². The van der Waals surface area contributed by atoms with Crippen molar-refractivity contribution in [3.63, 3.8) is 0 Å². The predicted molar refractivity (Wildman–Crippen MR) is 80.7 cm³/mol. The number of allylic oxidation sites excluding steroid dienone is 1. The van der Waals surface area contributed by atoms with Crippen molar-refractivity contribution in [2.24, 2.45) is 5.41 Å². The first-order valence-electron chi connectivity index (χ1n) is 6.49. The number of hydrogen-bond donors (Lipinski definition) is 1. The SMILES string of the molecule is C=CCC(C)(C)CNC(=O)c1cc([N+](=O)[O-])cc([N+](=O)[O-])c1. The first kappa shape index (κ1) is 17.3. The minimum Gasteiger partial charge on any atom is -0.351 e. The predicted octanol–water partition coefficient (Wildman–Crippen LogP) is 2.84. The number of hydrogen-bond acceptors (Lipinski definition) is 5. The number of nitro groups is 2. The van der Waals surface area contributed by atoms with Crippen LogP contribution in [-0.2, 0) is 0 Å². The highest BCUT2D eigenvalue weighted by Gasteiger charge is 2.22. The van der Waals surface area contributed by atoms with Crippen molar-refractivity contribution in [2.45, 2.75) is 20.3 Å². The average molecular weight is 307 g/mol. The fourth-order valence-corrected chi connectivity index (χ4v) is 1.82. The lowest BCUT2D eigenvalue weighted by Crippen LogP contribution is -2.33. The quantitative estimate of drug-likeness (QED) is 0.472. The lowest BCUT2D eigenvalue weighted by Gasteiger charge is -2.23. The van der Waals surface area contributed by atoms with Crippen LogP contribution in [0.15, 0.2) is 30.9 Å². The van der Waals surface area contributed by atoms with Crippen LogP contribution in [0.2, 0.25) is 0 Å². The van der Waals surface area contributed by atoms with Crippen molar-refractivity contribution in [3.8, 4) is 0 Å². The van der Waals surface area contributed by atoms with Gasteiger partial charge in [0.2, 0.25) is 0 Å². The molecule has 8 heteroatoms. The fourth-order valence-electron chi connectivity index (χ4n) is 1.82. The second kappa shape index (κ2) is 6.79. The van der Waals surface area contributed by atoms with Crippen molar-refractivity contribution in [1.82, 2.24) is 5.32 Å². The molecule has 0 fully saturated rings. The number of rotatable bonds is 7. The molecular weight excluding hydrogens is 290 g/mol. The molecule has 0 aliphatic carbocycles. The van der Waals surface area contributed by atoms with E-state index in [1.54, 1.807) is 6.08 Å². The lowest BCUT2D eigenvalue weighted by atomic mass is 9.89. The molecule has 0 radical (unpaired) electrons. The molecule has 0 saturated heterocycles. The molecule has 0 aromatic heterocycles. The lowest BCUT2D eigenvalue weighted by molar-refractivity contribution is -0.394. The van der Waals surface area contributed by atoms with Gasteiger partial charge in [-0.25, -0.2) is 0 Å². The van der Waals surface area contributed by atoms with E-state index >= 15 is 0 Å². The highest BCUT2D eigenvalue weighted by atomic mass is 16.6. The Hall–Kier alpha value is -2.77. The number of amides is 1. The van der Waals surface area contributed by atoms with Gasteiger partial charge in [-0.05, 0) is 11.8 Å². The van der Waals surface area contributed by atoms with E-state index in [1.165, 1.54) is 0 Å². The molecule has 118 valence electrons. The zero-order chi connectivity index (χ0) is 16.9. The van der Waals surface area contributed by atoms with Crippen LogP contribution in [0.25, 0.3) is 0 Å². The Balaban J connectivity index is 3.00. The van der Waals surface area contributed by atoms with Gasteiger partial charge in [-0.1, -0.05) is 19.9 Å². The Bertz CT molecular complexity index is 593. The number of carbonyl (C=O) groups is 1. The second-order valence-corrected chi connectivity index (χ2v) is 5.59. The normalized spacial score (nSPS) is 10.8. The smallest absolute Gasteiger partial charge is 0.277 e. The zero-order valence-electron chi connectivity index (χ0n) is 12.4. The Morgan fingerprint density at radius 1 is 1.23 bits per heavy atom. The maximum atomic E-state index is 12.1. The summed E-state index contributed by atoms with van der Waals surface area (Å²) in [6.07, 6.45) is 2.40. The van der Waals surface area contributed by atoms with Crippen LogP contribution in [0.5, 0.6) is 0 Å². The largest absolute Gasteiger partial charge is 0.351 e. The Morgan fingerprint density at radius 2 is 1.73 bits per heavy atom. The average Bonchev–Trinajstić information content (AvgIpc) is 2.44. The van der Waals surface area contributed by atoms with Gasteiger partial charge in [0.25, 0.3) is 17.3 Å². The molecule has 1 aromatic carbocycles. The number of benzene rings is 1. The molecule has 1 rings (SSSR count). The molecule has 0 aliphatic heterocycles. The molecule has 0 bridgehead atoms. The highest BCUT2D eigenvalue weighted by molar-refractivity contribution is 5.95. The molecule has 0 spiro atoms. The number of nitro benzene ring substituents is 2. The molecule has 1 aromatic rings. The van der Waals surface area contributed by atoms with Crippen LogP contribution in [0, 0.1) is 25.6 Å². The summed E-state index contributed by atoms with van der Waals surface area (Å²) in [6, 6.07) is 2.85. The molecule has 8 nitrogen and oxygen atoms in total. The van der Waals surface area contributed by atoms with Gasteiger partial charge in [0.05, 0.1) is 21.5 Å². The molecule has 0 atom stereocenters. The summed E-state index contributed by atoms with van der Waals surface area (Å²) in [4.78, 5) is 32.1. The molecule has 1 N–H and O–H groups in total. The molecule has 0 heterocycles. The van der Waals surface area contributed by atoms with Gasteiger partial charge in [0.1, 0.15) is 0 Å². The summed E-state index contributed by atoms with van der Waals surface area (Å²) < 4.78 is 0. The van der Waals surface area contributed by atoms with Crippen molar-refractivity contribution in [3.05, 3.63) is 56.6 Å². The van der Waals surface area contributed by atoms with E-state index in [4.69, 9.17) is 0 Å². The minimum atomic E-state index is -0.772. The Kier molecular flexibility index (Phi) is 5.33. The van der Waals surface area contributed by atoms with E-state index in [2.05, 4.69) is 11.9 Å². The Labute approximate surface area is 127 Å². The summed E-state index contributed by atoms with van der Waals surface area (Å²) in [6.45, 7) is 7.79. The number of carbonyl (C=O) groups excluding carboxylic acids is 1. The maximum absolute atomic E-state index is 12.1. The first-order chi connectivity index (χ1) is 10.2. The first-order valence-corrected chi connectivity index (χ1v) is 6.49. The highest BCUT2D eigenvalue weighted by Crippen LogP contribution is 2.23. The zero-order valence-corrected chi connectivity index (χ0v) is 12.4. The van der Waals surface area contributed by atoms with Crippen LogP contribution in [0.1, 0.15) is 30.6 Å². The Morgan fingerprint density at radius 3 is 2.14 bits per heavy atom. The van der Waals surface area contributed by atoms with Gasteiger partial charge in [-0.15, -0.1) is 6.58 Å². The molecule has 0 aliphatic rings. The monoisotopic (exact) mass is 307 g/mol. The fraction of sp³-hybridized carbons (Fsp3) is 0.357. The van der Waals surface area contributed by atoms with Crippen LogP contribution >= 0.6 is 0 Å². The summed E-state index contributed by atoms with van der Waals surface area (Å²) in [7, 11) is 0. The van der Waals surface area contributed by atoms with Crippen LogP contribution in [0.4, 0.5) is 11.4 Å². The third kappa shape index (κ3) is 4.65. The number of non-ortho nitro benzene ring substituents is 2. The van der Waals surface area contributed by atoms with Gasteiger partial charge in [-0.2, -0.15) is 0 Å². The van der Waals surface area contributed by atoms with Gasteiger partial charge in [0.15, 0.2) is 0 Å².